The Kier molecular flexibility index (Phi) is 4.55. The molecule has 1 aromatic heterocycles. The van der Waals surface area contributed by atoms with Gasteiger partial charge in [0.25, 0.3) is 0 Å². The molecule has 3 rings (SSSR count). The second-order valence-corrected chi connectivity index (χ2v) is 6.51. The maximum absolute atomic E-state index is 12.9. The Labute approximate surface area is 146 Å². The predicted molar refractivity (Wildman–Crippen MR) is 87.0 cm³/mol. The molecule has 1 fully saturated rings. The van der Waals surface area contributed by atoms with Crippen LogP contribution >= 0.6 is 27.5 Å². The van der Waals surface area contributed by atoms with Crippen LogP contribution in [-0.4, -0.2) is 23.5 Å². The van der Waals surface area contributed by atoms with Crippen LogP contribution < -0.4 is 0 Å². The van der Waals surface area contributed by atoms with Crippen LogP contribution in [0.4, 0.5) is 0 Å². The number of hydrogen-bond acceptors (Lipinski definition) is 5. The Morgan fingerprint density at radius 2 is 2.17 bits per heavy atom. The third kappa shape index (κ3) is 3.19. The second kappa shape index (κ2) is 6.45. The molecule has 0 bridgehead atoms. The van der Waals surface area contributed by atoms with Gasteiger partial charge in [-0.05, 0) is 53.9 Å². The number of rotatable bonds is 5. The quantitative estimate of drug-likeness (QED) is 0.552. The summed E-state index contributed by atoms with van der Waals surface area (Å²) in [6.07, 6.45) is 1.83. The van der Waals surface area contributed by atoms with Crippen molar-refractivity contribution in [2.75, 3.05) is 6.61 Å². The zero-order valence-corrected chi connectivity index (χ0v) is 14.6. The van der Waals surface area contributed by atoms with Gasteiger partial charge in [-0.2, -0.15) is 0 Å². The van der Waals surface area contributed by atoms with Crippen LogP contribution in [0.15, 0.2) is 27.2 Å². The van der Waals surface area contributed by atoms with E-state index >= 15 is 0 Å². The van der Waals surface area contributed by atoms with E-state index in [-0.39, 0.29) is 29.6 Å². The Balaban J connectivity index is 2.07. The van der Waals surface area contributed by atoms with Crippen molar-refractivity contribution in [3.05, 3.63) is 50.3 Å². The van der Waals surface area contributed by atoms with Crippen LogP contribution in [0.25, 0.3) is 0 Å². The van der Waals surface area contributed by atoms with Crippen LogP contribution in [-0.2, 0) is 4.74 Å². The minimum Gasteiger partial charge on any atom is -0.461 e. The van der Waals surface area contributed by atoms with Crippen LogP contribution in [0.5, 0.6) is 0 Å². The lowest BCUT2D eigenvalue weighted by Crippen LogP contribution is -2.13. The van der Waals surface area contributed by atoms with Gasteiger partial charge in [0.1, 0.15) is 5.56 Å². The van der Waals surface area contributed by atoms with E-state index in [1.165, 1.54) is 0 Å². The number of carbonyl (C=O) groups is 2. The van der Waals surface area contributed by atoms with E-state index in [2.05, 4.69) is 21.1 Å². The molecule has 1 aromatic carbocycles. The van der Waals surface area contributed by atoms with Gasteiger partial charge in [0, 0.05) is 21.0 Å². The minimum absolute atomic E-state index is 0.0689. The molecule has 0 atom stereocenters. The molecule has 2 aromatic rings. The van der Waals surface area contributed by atoms with Gasteiger partial charge in [-0.1, -0.05) is 16.8 Å². The average Bonchev–Trinajstić information content (AvgIpc) is 3.25. The molecule has 23 heavy (non-hydrogen) atoms. The van der Waals surface area contributed by atoms with Gasteiger partial charge in [-0.3, -0.25) is 4.79 Å². The maximum atomic E-state index is 12.9. The van der Waals surface area contributed by atoms with Crippen molar-refractivity contribution < 1.29 is 18.8 Å². The molecule has 1 heterocycles. The Morgan fingerprint density at radius 3 is 2.78 bits per heavy atom. The van der Waals surface area contributed by atoms with Crippen molar-refractivity contribution in [1.82, 2.24) is 5.16 Å². The van der Waals surface area contributed by atoms with E-state index in [1.54, 1.807) is 25.1 Å². The van der Waals surface area contributed by atoms with Crippen LogP contribution in [0.1, 0.15) is 57.9 Å². The van der Waals surface area contributed by atoms with Crippen molar-refractivity contribution in [2.45, 2.75) is 25.7 Å². The summed E-state index contributed by atoms with van der Waals surface area (Å²) in [6.45, 7) is 1.89. The molecule has 1 aliphatic rings. The van der Waals surface area contributed by atoms with Crippen molar-refractivity contribution in [3.63, 3.8) is 0 Å². The standard InChI is InChI=1S/C16H13BrClNO4/c1-2-22-16(21)13-12(15(23-19-13)8-3-4-8)14(20)10-6-5-9(18)7-11(10)17/h5-8H,2-4H2,1H3. The summed E-state index contributed by atoms with van der Waals surface area (Å²) in [5, 5.41) is 4.28. The van der Waals surface area contributed by atoms with Crippen molar-refractivity contribution in [3.8, 4) is 0 Å². The van der Waals surface area contributed by atoms with E-state index in [0.717, 1.165) is 12.8 Å². The third-order valence-electron chi connectivity index (χ3n) is 3.54. The molecule has 1 saturated carbocycles. The molecule has 0 spiro atoms. The second-order valence-electron chi connectivity index (χ2n) is 5.22. The van der Waals surface area contributed by atoms with Crippen molar-refractivity contribution in [2.24, 2.45) is 0 Å². The lowest BCUT2D eigenvalue weighted by Gasteiger charge is -2.06. The van der Waals surface area contributed by atoms with Gasteiger partial charge < -0.3 is 9.26 Å². The summed E-state index contributed by atoms with van der Waals surface area (Å²) >= 11 is 9.25. The minimum atomic E-state index is -0.656. The fourth-order valence-corrected chi connectivity index (χ4v) is 3.16. The van der Waals surface area contributed by atoms with Gasteiger partial charge in [-0.25, -0.2) is 4.79 Å². The zero-order chi connectivity index (χ0) is 16.6. The number of hydrogen-bond donors (Lipinski definition) is 0. The first-order valence-corrected chi connectivity index (χ1v) is 8.36. The lowest BCUT2D eigenvalue weighted by molar-refractivity contribution is 0.0512. The first kappa shape index (κ1) is 16.2. The van der Waals surface area contributed by atoms with Gasteiger partial charge >= 0.3 is 5.97 Å². The topological polar surface area (TPSA) is 69.4 Å². The van der Waals surface area contributed by atoms with E-state index in [1.807, 2.05) is 0 Å². The van der Waals surface area contributed by atoms with Gasteiger partial charge in [0.05, 0.1) is 6.61 Å². The summed E-state index contributed by atoms with van der Waals surface area (Å²) in [4.78, 5) is 25.0. The average molecular weight is 399 g/mol. The third-order valence-corrected chi connectivity index (χ3v) is 4.43. The molecule has 5 nitrogen and oxygen atoms in total. The molecule has 0 amide bonds. The Bertz CT molecular complexity index is 782. The number of ketones is 1. The van der Waals surface area contributed by atoms with E-state index < -0.39 is 5.97 Å². The largest absolute Gasteiger partial charge is 0.461 e. The number of benzene rings is 1. The van der Waals surface area contributed by atoms with Crippen molar-refractivity contribution >= 4 is 39.3 Å². The molecule has 0 saturated heterocycles. The van der Waals surface area contributed by atoms with Gasteiger partial charge in [0.2, 0.25) is 5.69 Å². The monoisotopic (exact) mass is 397 g/mol. The van der Waals surface area contributed by atoms with Gasteiger partial charge in [-0.15, -0.1) is 0 Å². The van der Waals surface area contributed by atoms with Crippen LogP contribution in [0, 0.1) is 0 Å². The van der Waals surface area contributed by atoms with E-state index in [0.29, 0.717) is 20.8 Å². The number of carbonyl (C=O) groups excluding carboxylic acids is 2. The first-order valence-electron chi connectivity index (χ1n) is 7.19. The number of ether oxygens (including phenoxy) is 1. The summed E-state index contributed by atoms with van der Waals surface area (Å²) in [5.41, 5.74) is 0.514. The van der Waals surface area contributed by atoms with E-state index in [9.17, 15) is 9.59 Å². The molecular weight excluding hydrogens is 386 g/mol. The molecule has 7 heteroatoms. The Morgan fingerprint density at radius 1 is 1.43 bits per heavy atom. The number of esters is 1. The highest BCUT2D eigenvalue weighted by Gasteiger charge is 2.37. The summed E-state index contributed by atoms with van der Waals surface area (Å²) in [6, 6.07) is 4.85. The molecule has 120 valence electrons. The summed E-state index contributed by atoms with van der Waals surface area (Å²) in [5.74, 6) is -0.396. The first-order chi connectivity index (χ1) is 11.0. The van der Waals surface area contributed by atoms with Gasteiger partial charge in [0.15, 0.2) is 11.5 Å². The lowest BCUT2D eigenvalue weighted by atomic mass is 9.99. The normalized spacial score (nSPS) is 13.9. The number of aromatic nitrogens is 1. The highest BCUT2D eigenvalue weighted by Crippen LogP contribution is 2.43. The fourth-order valence-electron chi connectivity index (χ4n) is 2.29. The summed E-state index contributed by atoms with van der Waals surface area (Å²) in [7, 11) is 0. The Hall–Kier alpha value is -1.66. The molecule has 0 N–H and O–H groups in total. The molecule has 0 aliphatic heterocycles. The molecular formula is C16H13BrClNO4. The fraction of sp³-hybridized carbons (Fsp3) is 0.312. The summed E-state index contributed by atoms with van der Waals surface area (Å²) < 4.78 is 10.8. The molecule has 0 unspecified atom stereocenters. The van der Waals surface area contributed by atoms with E-state index in [4.69, 9.17) is 20.9 Å². The highest BCUT2D eigenvalue weighted by molar-refractivity contribution is 9.10. The van der Waals surface area contributed by atoms with Crippen LogP contribution in [0.2, 0.25) is 5.02 Å². The molecule has 0 radical (unpaired) electrons. The SMILES string of the molecule is CCOC(=O)c1noc(C2CC2)c1C(=O)c1ccc(Cl)cc1Br. The number of nitrogens with zero attached hydrogens (tertiary/aromatic N) is 1. The maximum Gasteiger partial charge on any atom is 0.361 e. The zero-order valence-electron chi connectivity index (χ0n) is 12.3. The smallest absolute Gasteiger partial charge is 0.361 e. The molecule has 1 aliphatic carbocycles. The highest BCUT2D eigenvalue weighted by atomic mass is 79.9. The van der Waals surface area contributed by atoms with Crippen molar-refractivity contribution in [1.29, 1.82) is 0 Å². The number of halogens is 2. The predicted octanol–water partition coefficient (Wildman–Crippen LogP) is 4.38. The van der Waals surface area contributed by atoms with Crippen LogP contribution in [0.3, 0.4) is 0 Å².